The Labute approximate surface area is 105 Å². The molecule has 0 spiro atoms. The molecule has 0 amide bonds. The van der Waals surface area contributed by atoms with Crippen LogP contribution in [0.15, 0.2) is 35.2 Å². The molecular formula is C12H19NOS2. The molecule has 16 heavy (non-hydrogen) atoms. The summed E-state index contributed by atoms with van der Waals surface area (Å²) in [6.07, 6.45) is 0. The third kappa shape index (κ3) is 6.30. The zero-order valence-corrected chi connectivity index (χ0v) is 11.3. The Morgan fingerprint density at radius 3 is 2.69 bits per heavy atom. The van der Waals surface area contributed by atoms with Crippen LogP contribution in [0.1, 0.15) is 6.92 Å². The van der Waals surface area contributed by atoms with Crippen molar-refractivity contribution in [1.29, 1.82) is 0 Å². The van der Waals surface area contributed by atoms with Crippen LogP contribution in [0, 0.1) is 0 Å². The fraction of sp³-hybridized carbons (Fsp3) is 0.500. The van der Waals surface area contributed by atoms with Crippen LogP contribution in [0.2, 0.25) is 0 Å². The SMILES string of the molecule is CCS(=O)CCNCCSc1ccccc1. The highest BCUT2D eigenvalue weighted by atomic mass is 32.2. The topological polar surface area (TPSA) is 29.1 Å². The van der Waals surface area contributed by atoms with Crippen molar-refractivity contribution < 1.29 is 4.21 Å². The molecule has 0 aliphatic carbocycles. The van der Waals surface area contributed by atoms with E-state index < -0.39 is 10.8 Å². The van der Waals surface area contributed by atoms with Crippen LogP contribution < -0.4 is 5.32 Å². The van der Waals surface area contributed by atoms with E-state index in [1.807, 2.05) is 24.8 Å². The van der Waals surface area contributed by atoms with Crippen molar-refractivity contribution in [1.82, 2.24) is 5.32 Å². The third-order valence-corrected chi connectivity index (χ3v) is 4.44. The summed E-state index contributed by atoms with van der Waals surface area (Å²) >= 11 is 1.85. The summed E-state index contributed by atoms with van der Waals surface area (Å²) in [4.78, 5) is 1.31. The van der Waals surface area contributed by atoms with Gasteiger partial charge in [-0.05, 0) is 12.1 Å². The normalized spacial score (nSPS) is 12.6. The molecule has 0 saturated carbocycles. The van der Waals surface area contributed by atoms with Gasteiger partial charge in [0.1, 0.15) is 0 Å². The van der Waals surface area contributed by atoms with Gasteiger partial charge in [-0.3, -0.25) is 4.21 Å². The number of thioether (sulfide) groups is 1. The predicted octanol–water partition coefficient (Wildman–Crippen LogP) is 2.14. The van der Waals surface area contributed by atoms with Gasteiger partial charge in [0.05, 0.1) is 0 Å². The van der Waals surface area contributed by atoms with Gasteiger partial charge in [0, 0.05) is 46.0 Å². The minimum absolute atomic E-state index is 0.638. The molecule has 1 aromatic rings. The van der Waals surface area contributed by atoms with E-state index in [9.17, 15) is 4.21 Å². The predicted molar refractivity (Wildman–Crippen MR) is 73.6 cm³/mol. The van der Waals surface area contributed by atoms with Crippen molar-refractivity contribution in [2.45, 2.75) is 11.8 Å². The molecule has 0 saturated heterocycles. The molecule has 2 nitrogen and oxygen atoms in total. The van der Waals surface area contributed by atoms with Gasteiger partial charge in [-0.15, -0.1) is 11.8 Å². The fourth-order valence-electron chi connectivity index (χ4n) is 1.21. The first-order chi connectivity index (χ1) is 7.83. The molecule has 0 aliphatic rings. The Kier molecular flexibility index (Phi) is 7.55. The highest BCUT2D eigenvalue weighted by Gasteiger charge is 1.95. The van der Waals surface area contributed by atoms with Gasteiger partial charge >= 0.3 is 0 Å². The molecule has 1 rings (SSSR count). The Balaban J connectivity index is 1.98. The molecule has 0 aromatic heterocycles. The summed E-state index contributed by atoms with van der Waals surface area (Å²) in [6, 6.07) is 10.4. The molecule has 4 heteroatoms. The molecule has 0 fully saturated rings. The molecule has 1 aromatic carbocycles. The summed E-state index contributed by atoms with van der Waals surface area (Å²) < 4.78 is 11.1. The van der Waals surface area contributed by atoms with E-state index in [2.05, 4.69) is 29.6 Å². The number of rotatable bonds is 8. The quantitative estimate of drug-likeness (QED) is 0.571. The van der Waals surface area contributed by atoms with Crippen molar-refractivity contribution in [3.8, 4) is 0 Å². The molecule has 0 radical (unpaired) electrons. The lowest BCUT2D eigenvalue weighted by atomic mass is 10.4. The van der Waals surface area contributed by atoms with Crippen molar-refractivity contribution in [3.05, 3.63) is 30.3 Å². The van der Waals surface area contributed by atoms with Gasteiger partial charge in [-0.1, -0.05) is 25.1 Å². The first-order valence-electron chi connectivity index (χ1n) is 5.56. The molecule has 0 heterocycles. The minimum atomic E-state index is -0.638. The molecule has 1 unspecified atom stereocenters. The lowest BCUT2D eigenvalue weighted by Gasteiger charge is -2.04. The Morgan fingerprint density at radius 1 is 1.25 bits per heavy atom. The highest BCUT2D eigenvalue weighted by molar-refractivity contribution is 7.99. The number of hydrogen-bond donors (Lipinski definition) is 1. The van der Waals surface area contributed by atoms with Gasteiger partial charge in [0.25, 0.3) is 0 Å². The zero-order chi connectivity index (χ0) is 11.6. The maximum absolute atomic E-state index is 11.1. The van der Waals surface area contributed by atoms with Crippen LogP contribution in [-0.4, -0.2) is 34.6 Å². The monoisotopic (exact) mass is 257 g/mol. The van der Waals surface area contributed by atoms with E-state index in [4.69, 9.17) is 0 Å². The minimum Gasteiger partial charge on any atom is -0.315 e. The second-order valence-corrected chi connectivity index (χ2v) is 6.38. The van der Waals surface area contributed by atoms with Crippen LogP contribution in [0.3, 0.4) is 0 Å². The van der Waals surface area contributed by atoms with Gasteiger partial charge < -0.3 is 5.32 Å². The van der Waals surface area contributed by atoms with Gasteiger partial charge in [0.15, 0.2) is 0 Å². The van der Waals surface area contributed by atoms with E-state index in [0.29, 0.717) is 0 Å². The summed E-state index contributed by atoms with van der Waals surface area (Å²) in [5.41, 5.74) is 0. The Morgan fingerprint density at radius 2 is 2.00 bits per heavy atom. The average Bonchev–Trinajstić information content (AvgIpc) is 2.34. The van der Waals surface area contributed by atoms with Crippen molar-refractivity contribution in [2.24, 2.45) is 0 Å². The van der Waals surface area contributed by atoms with E-state index in [1.165, 1.54) is 4.90 Å². The van der Waals surface area contributed by atoms with E-state index in [0.717, 1.165) is 30.3 Å². The smallest absolute Gasteiger partial charge is 0.0359 e. The molecule has 1 atom stereocenters. The lowest BCUT2D eigenvalue weighted by molar-refractivity contribution is 0.678. The summed E-state index contributed by atoms with van der Waals surface area (Å²) in [7, 11) is -0.638. The molecule has 90 valence electrons. The summed E-state index contributed by atoms with van der Waals surface area (Å²) in [6.45, 7) is 3.79. The van der Waals surface area contributed by atoms with E-state index in [1.54, 1.807) is 0 Å². The van der Waals surface area contributed by atoms with Crippen molar-refractivity contribution >= 4 is 22.6 Å². The van der Waals surface area contributed by atoms with Crippen LogP contribution >= 0.6 is 11.8 Å². The van der Waals surface area contributed by atoms with Crippen molar-refractivity contribution in [3.63, 3.8) is 0 Å². The molecule has 0 aliphatic heterocycles. The van der Waals surface area contributed by atoms with E-state index >= 15 is 0 Å². The number of benzene rings is 1. The molecule has 0 bridgehead atoms. The fourth-order valence-corrected chi connectivity index (χ4v) is 2.71. The van der Waals surface area contributed by atoms with Gasteiger partial charge in [-0.2, -0.15) is 0 Å². The summed E-state index contributed by atoms with van der Waals surface area (Å²) in [5, 5.41) is 3.31. The highest BCUT2D eigenvalue weighted by Crippen LogP contribution is 2.15. The van der Waals surface area contributed by atoms with Crippen molar-refractivity contribution in [2.75, 3.05) is 30.3 Å². The molecule has 1 N–H and O–H groups in total. The van der Waals surface area contributed by atoms with Crippen LogP contribution in [-0.2, 0) is 10.8 Å². The number of nitrogens with one attached hydrogen (secondary N) is 1. The second kappa shape index (κ2) is 8.79. The van der Waals surface area contributed by atoms with Gasteiger partial charge in [-0.25, -0.2) is 0 Å². The third-order valence-electron chi connectivity index (χ3n) is 2.12. The van der Waals surface area contributed by atoms with Crippen LogP contribution in [0.5, 0.6) is 0 Å². The largest absolute Gasteiger partial charge is 0.315 e. The first-order valence-corrected chi connectivity index (χ1v) is 8.04. The zero-order valence-electron chi connectivity index (χ0n) is 9.65. The maximum Gasteiger partial charge on any atom is 0.0359 e. The Bertz CT molecular complexity index is 303. The van der Waals surface area contributed by atoms with Gasteiger partial charge in [0.2, 0.25) is 0 Å². The second-order valence-electron chi connectivity index (χ2n) is 3.34. The van der Waals surface area contributed by atoms with Crippen LogP contribution in [0.4, 0.5) is 0 Å². The maximum atomic E-state index is 11.1. The average molecular weight is 257 g/mol. The Hall–Kier alpha value is -0.320. The summed E-state index contributed by atoms with van der Waals surface area (Å²) in [5.74, 6) is 2.59. The number of hydrogen-bond acceptors (Lipinski definition) is 3. The van der Waals surface area contributed by atoms with Crippen LogP contribution in [0.25, 0.3) is 0 Å². The first kappa shape index (κ1) is 13.7. The van der Waals surface area contributed by atoms with E-state index in [-0.39, 0.29) is 0 Å². The lowest BCUT2D eigenvalue weighted by Crippen LogP contribution is -2.23. The standard InChI is InChI=1S/C12H19NOS2/c1-2-16(14)11-9-13-8-10-15-12-6-4-3-5-7-12/h3-7,13H,2,8-11H2,1H3. The molecular weight excluding hydrogens is 238 g/mol.